The lowest BCUT2D eigenvalue weighted by atomic mass is 10.1. The summed E-state index contributed by atoms with van der Waals surface area (Å²) in [5.74, 6) is 1.20. The highest BCUT2D eigenvalue weighted by Gasteiger charge is 2.18. The van der Waals surface area contributed by atoms with Gasteiger partial charge < -0.3 is 15.8 Å². The second kappa shape index (κ2) is 8.15. The first-order chi connectivity index (χ1) is 13.6. The third kappa shape index (κ3) is 3.95. The fourth-order valence-corrected chi connectivity index (χ4v) is 4.05. The van der Waals surface area contributed by atoms with Crippen molar-refractivity contribution >= 4 is 45.1 Å². The normalized spacial score (nSPS) is 14.1. The maximum absolute atomic E-state index is 12.8. The summed E-state index contributed by atoms with van der Waals surface area (Å²) in [5.41, 5.74) is 7.89. The average Bonchev–Trinajstić information content (AvgIpc) is 2.70. The molecule has 0 atom stereocenters. The zero-order chi connectivity index (χ0) is 19.5. The summed E-state index contributed by atoms with van der Waals surface area (Å²) >= 11 is 5.15. The molecule has 9 heteroatoms. The number of nitrogen functional groups attached to an aromatic ring is 1. The van der Waals surface area contributed by atoms with Gasteiger partial charge in [-0.15, -0.1) is 11.8 Å². The molecule has 1 aromatic carbocycles. The van der Waals surface area contributed by atoms with Crippen LogP contribution in [0.15, 0.2) is 52.2 Å². The molecular formula is C19H16BrN5O2S. The predicted octanol–water partition coefficient (Wildman–Crippen LogP) is 4.01. The Morgan fingerprint density at radius 2 is 2.14 bits per heavy atom. The minimum Gasteiger partial charge on any atom is -0.494 e. The maximum Gasteiger partial charge on any atom is 0.278 e. The zero-order valence-corrected chi connectivity index (χ0v) is 17.1. The Labute approximate surface area is 174 Å². The topological polar surface area (TPSA) is 103 Å². The van der Waals surface area contributed by atoms with Crippen molar-refractivity contribution < 1.29 is 9.53 Å². The standard InChI is InChI=1S/C19H16BrN5O2S/c20-13-3-2-11-8-12(13)14-10-23-18(21)17(24-14)19(26)25-15-9-22-5-4-16(15)28-7-1-6-27-11/h2-5,8-10H,1,6-7H2,(H2,21,23)(H,25,26). The molecule has 4 bridgehead atoms. The highest BCUT2D eigenvalue weighted by Crippen LogP contribution is 2.32. The van der Waals surface area contributed by atoms with Crippen LogP contribution in [0.5, 0.6) is 5.75 Å². The Kier molecular flexibility index (Phi) is 5.45. The van der Waals surface area contributed by atoms with E-state index in [1.54, 1.807) is 30.4 Å². The van der Waals surface area contributed by atoms with Crippen molar-refractivity contribution in [1.29, 1.82) is 0 Å². The van der Waals surface area contributed by atoms with Gasteiger partial charge in [-0.25, -0.2) is 9.97 Å². The summed E-state index contributed by atoms with van der Waals surface area (Å²) in [6.07, 6.45) is 5.70. The molecule has 7 nitrogen and oxygen atoms in total. The largest absolute Gasteiger partial charge is 0.494 e. The smallest absolute Gasteiger partial charge is 0.278 e. The van der Waals surface area contributed by atoms with Crippen LogP contribution in [-0.4, -0.2) is 33.2 Å². The molecule has 0 spiro atoms. The van der Waals surface area contributed by atoms with Gasteiger partial charge in [-0.1, -0.05) is 15.9 Å². The summed E-state index contributed by atoms with van der Waals surface area (Å²) in [5, 5.41) is 2.85. The van der Waals surface area contributed by atoms with Crippen molar-refractivity contribution in [3.05, 3.63) is 53.0 Å². The molecular weight excluding hydrogens is 442 g/mol. The molecule has 1 amide bonds. The zero-order valence-electron chi connectivity index (χ0n) is 14.7. The first-order valence-electron chi connectivity index (χ1n) is 8.55. The number of nitrogens with zero attached hydrogens (tertiary/aromatic N) is 3. The van der Waals surface area contributed by atoms with Crippen molar-refractivity contribution in [3.8, 4) is 17.0 Å². The van der Waals surface area contributed by atoms with Crippen molar-refractivity contribution in [2.24, 2.45) is 0 Å². The number of thioether (sulfide) groups is 1. The molecule has 0 saturated heterocycles. The summed E-state index contributed by atoms with van der Waals surface area (Å²) in [6.45, 7) is 0.583. The van der Waals surface area contributed by atoms with E-state index >= 15 is 0 Å². The van der Waals surface area contributed by atoms with Crippen LogP contribution in [0.2, 0.25) is 0 Å². The molecule has 0 radical (unpaired) electrons. The van der Waals surface area contributed by atoms with E-state index in [1.165, 1.54) is 0 Å². The van der Waals surface area contributed by atoms with Gasteiger partial charge in [-0.05, 0) is 30.7 Å². The van der Waals surface area contributed by atoms with Crippen molar-refractivity contribution in [3.63, 3.8) is 0 Å². The Morgan fingerprint density at radius 3 is 3.04 bits per heavy atom. The second-order valence-electron chi connectivity index (χ2n) is 6.01. The lowest BCUT2D eigenvalue weighted by Crippen LogP contribution is -2.18. The van der Waals surface area contributed by atoms with Gasteiger partial charge in [0.1, 0.15) is 5.75 Å². The number of nitrogens with one attached hydrogen (secondary N) is 1. The van der Waals surface area contributed by atoms with Crippen LogP contribution in [0.3, 0.4) is 0 Å². The third-order valence-electron chi connectivity index (χ3n) is 4.07. The molecule has 4 rings (SSSR count). The molecule has 28 heavy (non-hydrogen) atoms. The van der Waals surface area contributed by atoms with Crippen LogP contribution in [0, 0.1) is 0 Å². The summed E-state index contributed by atoms with van der Waals surface area (Å²) in [6, 6.07) is 7.51. The molecule has 142 valence electrons. The van der Waals surface area contributed by atoms with E-state index in [9.17, 15) is 4.79 Å². The number of amides is 1. The Balaban J connectivity index is 1.80. The minimum absolute atomic E-state index is 0.0606. The second-order valence-corrected chi connectivity index (χ2v) is 8.00. The van der Waals surface area contributed by atoms with Crippen LogP contribution in [0.25, 0.3) is 11.3 Å². The number of ether oxygens (including phenoxy) is 1. The van der Waals surface area contributed by atoms with E-state index in [4.69, 9.17) is 10.5 Å². The van der Waals surface area contributed by atoms with Crippen molar-refractivity contribution in [2.45, 2.75) is 11.3 Å². The van der Waals surface area contributed by atoms with E-state index in [-0.39, 0.29) is 11.5 Å². The van der Waals surface area contributed by atoms with Crippen molar-refractivity contribution in [1.82, 2.24) is 15.0 Å². The highest BCUT2D eigenvalue weighted by atomic mass is 79.9. The van der Waals surface area contributed by atoms with Gasteiger partial charge in [0.05, 0.1) is 30.4 Å². The first kappa shape index (κ1) is 18.7. The number of hydrogen-bond acceptors (Lipinski definition) is 7. The highest BCUT2D eigenvalue weighted by molar-refractivity contribution is 9.10. The van der Waals surface area contributed by atoms with Gasteiger partial charge in [0.25, 0.3) is 5.91 Å². The van der Waals surface area contributed by atoms with E-state index in [0.717, 1.165) is 32.9 Å². The predicted molar refractivity (Wildman–Crippen MR) is 113 cm³/mol. The van der Waals surface area contributed by atoms with E-state index in [2.05, 4.69) is 36.2 Å². The molecule has 0 aliphatic carbocycles. The Hall–Kier alpha value is -2.65. The number of nitrogens with two attached hydrogens (primary N) is 1. The number of hydrogen-bond donors (Lipinski definition) is 2. The van der Waals surface area contributed by atoms with Crippen LogP contribution < -0.4 is 15.8 Å². The lowest BCUT2D eigenvalue weighted by Gasteiger charge is -2.11. The fraction of sp³-hybridized carbons (Fsp3) is 0.158. The molecule has 2 aromatic heterocycles. The molecule has 1 aliphatic rings. The van der Waals surface area contributed by atoms with Crippen LogP contribution in [-0.2, 0) is 0 Å². The van der Waals surface area contributed by atoms with E-state index < -0.39 is 5.91 Å². The number of rotatable bonds is 0. The van der Waals surface area contributed by atoms with Crippen LogP contribution >= 0.6 is 27.7 Å². The third-order valence-corrected chi connectivity index (χ3v) is 5.93. The van der Waals surface area contributed by atoms with Gasteiger partial charge in [-0.2, -0.15) is 0 Å². The lowest BCUT2D eigenvalue weighted by molar-refractivity contribution is 0.102. The molecule has 0 fully saturated rings. The van der Waals surface area contributed by atoms with Gasteiger partial charge in [0, 0.05) is 26.9 Å². The first-order valence-corrected chi connectivity index (χ1v) is 10.3. The van der Waals surface area contributed by atoms with Gasteiger partial charge in [-0.3, -0.25) is 9.78 Å². The summed E-state index contributed by atoms with van der Waals surface area (Å²) in [7, 11) is 0. The Bertz CT molecular complexity index is 1050. The number of anilines is 2. The molecule has 1 aliphatic heterocycles. The van der Waals surface area contributed by atoms with Gasteiger partial charge >= 0.3 is 0 Å². The number of aromatic nitrogens is 3. The monoisotopic (exact) mass is 457 g/mol. The molecule has 3 aromatic rings. The maximum atomic E-state index is 12.8. The number of carbonyl (C=O) groups excluding carboxylic acids is 1. The van der Waals surface area contributed by atoms with E-state index in [0.29, 0.717) is 18.0 Å². The molecule has 0 unspecified atom stereocenters. The number of halogens is 1. The summed E-state index contributed by atoms with van der Waals surface area (Å²) < 4.78 is 6.70. The minimum atomic E-state index is -0.430. The van der Waals surface area contributed by atoms with E-state index in [1.807, 2.05) is 24.3 Å². The van der Waals surface area contributed by atoms with Crippen molar-refractivity contribution in [2.75, 3.05) is 23.4 Å². The van der Waals surface area contributed by atoms with Crippen LogP contribution in [0.4, 0.5) is 11.5 Å². The number of carbonyl (C=O) groups is 1. The summed E-state index contributed by atoms with van der Waals surface area (Å²) in [4.78, 5) is 26.5. The van der Waals surface area contributed by atoms with Crippen LogP contribution in [0.1, 0.15) is 16.9 Å². The average molecular weight is 458 g/mol. The Morgan fingerprint density at radius 1 is 1.25 bits per heavy atom. The number of pyridine rings is 1. The molecule has 3 heterocycles. The molecule has 3 N–H and O–H groups in total. The van der Waals surface area contributed by atoms with Gasteiger partial charge in [0.15, 0.2) is 11.5 Å². The fourth-order valence-electron chi connectivity index (χ4n) is 2.70. The molecule has 0 saturated carbocycles. The SMILES string of the molecule is Nc1ncc2nc1C(=O)Nc1cnccc1SCCCOc1ccc(Br)c-2c1. The number of benzene rings is 1. The quantitative estimate of drug-likeness (QED) is 0.525. The number of fused-ring (bicyclic) bond motifs is 6. The van der Waals surface area contributed by atoms with Gasteiger partial charge in [0.2, 0.25) is 0 Å².